The summed E-state index contributed by atoms with van der Waals surface area (Å²) >= 11 is 0. The summed E-state index contributed by atoms with van der Waals surface area (Å²) in [5, 5.41) is 2.97. The maximum Gasteiger partial charge on any atom is 0.224 e. The van der Waals surface area contributed by atoms with Crippen molar-refractivity contribution in [1.29, 1.82) is 0 Å². The van der Waals surface area contributed by atoms with Crippen molar-refractivity contribution >= 4 is 28.1 Å². The van der Waals surface area contributed by atoms with E-state index < -0.39 is 10.8 Å². The topological polar surface area (TPSA) is 72.2 Å². The Morgan fingerprint density at radius 2 is 2.11 bits per heavy atom. The van der Waals surface area contributed by atoms with Crippen LogP contribution >= 0.6 is 0 Å². The van der Waals surface area contributed by atoms with Crippen LogP contribution in [0.4, 0.5) is 11.4 Å². The monoisotopic (exact) mass is 282 g/mol. The van der Waals surface area contributed by atoms with E-state index in [1.54, 1.807) is 12.1 Å². The summed E-state index contributed by atoms with van der Waals surface area (Å²) in [7, 11) is -0.837. The van der Waals surface area contributed by atoms with E-state index in [2.05, 4.69) is 5.32 Å². The van der Waals surface area contributed by atoms with Gasteiger partial charge in [0.15, 0.2) is 0 Å². The Balaban J connectivity index is 2.33. The van der Waals surface area contributed by atoms with Crippen molar-refractivity contribution < 1.29 is 9.00 Å². The molecule has 1 amide bonds. The van der Waals surface area contributed by atoms with Crippen molar-refractivity contribution in [3.63, 3.8) is 0 Å². The van der Waals surface area contributed by atoms with E-state index in [1.165, 1.54) is 0 Å². The molecule has 2 unspecified atom stereocenters. The molecule has 0 saturated carbocycles. The summed E-state index contributed by atoms with van der Waals surface area (Å²) in [6, 6.07) is 7.16. The number of carbonyl (C=O) groups is 1. The van der Waals surface area contributed by atoms with Gasteiger partial charge in [-0.05, 0) is 25.0 Å². The molecule has 4 nitrogen and oxygen atoms in total. The van der Waals surface area contributed by atoms with Crippen molar-refractivity contribution in [2.75, 3.05) is 16.8 Å². The number of hydrogen-bond acceptors (Lipinski definition) is 3. The third kappa shape index (κ3) is 5.42. The number of carbonyl (C=O) groups excluding carboxylic acids is 1. The van der Waals surface area contributed by atoms with Gasteiger partial charge in [-0.2, -0.15) is 0 Å². The minimum atomic E-state index is -0.837. The van der Waals surface area contributed by atoms with Gasteiger partial charge in [0, 0.05) is 28.2 Å². The Bertz CT molecular complexity index is 449. The predicted octanol–water partition coefficient (Wildman–Crippen LogP) is 2.53. The molecule has 1 aromatic rings. The summed E-state index contributed by atoms with van der Waals surface area (Å²) < 4.78 is 11.7. The molecule has 0 spiro atoms. The highest BCUT2D eigenvalue weighted by molar-refractivity contribution is 7.85. The van der Waals surface area contributed by atoms with Gasteiger partial charge in [-0.1, -0.05) is 26.0 Å². The highest BCUT2D eigenvalue weighted by Gasteiger charge is 2.10. The normalized spacial score (nSPS) is 13.8. The number of nitrogens with two attached hydrogens (primary N) is 1. The first-order chi connectivity index (χ1) is 9.04. The Morgan fingerprint density at radius 3 is 2.74 bits per heavy atom. The minimum Gasteiger partial charge on any atom is -0.397 e. The first kappa shape index (κ1) is 15.7. The van der Waals surface area contributed by atoms with Gasteiger partial charge in [0.05, 0.1) is 11.4 Å². The number of nitrogen functional groups attached to an aromatic ring is 1. The van der Waals surface area contributed by atoms with E-state index in [1.807, 2.05) is 26.0 Å². The average molecular weight is 282 g/mol. The number of nitrogens with one attached hydrogen (secondary N) is 1. The van der Waals surface area contributed by atoms with Crippen LogP contribution in [0.1, 0.15) is 33.1 Å². The van der Waals surface area contributed by atoms with E-state index in [-0.39, 0.29) is 11.2 Å². The second kappa shape index (κ2) is 7.94. The van der Waals surface area contributed by atoms with E-state index >= 15 is 0 Å². The lowest BCUT2D eigenvalue weighted by molar-refractivity contribution is -0.116. The molecule has 0 saturated heterocycles. The Morgan fingerprint density at radius 1 is 1.42 bits per heavy atom. The highest BCUT2D eigenvalue weighted by Crippen LogP contribution is 2.17. The van der Waals surface area contributed by atoms with E-state index in [0.29, 0.717) is 30.0 Å². The van der Waals surface area contributed by atoms with Crippen molar-refractivity contribution in [3.8, 4) is 0 Å². The quantitative estimate of drug-likeness (QED) is 0.755. The molecule has 0 aromatic heterocycles. The molecule has 0 radical (unpaired) electrons. The van der Waals surface area contributed by atoms with Crippen LogP contribution in [0.25, 0.3) is 0 Å². The molecular formula is C14H22N2O2S. The van der Waals surface area contributed by atoms with Crippen LogP contribution in [-0.4, -0.2) is 21.1 Å². The van der Waals surface area contributed by atoms with E-state index in [4.69, 9.17) is 5.73 Å². The fraction of sp³-hybridized carbons (Fsp3) is 0.500. The summed E-state index contributed by atoms with van der Waals surface area (Å²) in [5.74, 6) is 0.492. The van der Waals surface area contributed by atoms with Gasteiger partial charge in [-0.15, -0.1) is 0 Å². The van der Waals surface area contributed by atoms with E-state index in [0.717, 1.165) is 6.42 Å². The van der Waals surface area contributed by atoms with Crippen molar-refractivity contribution in [3.05, 3.63) is 24.3 Å². The Hall–Kier alpha value is -1.36. The molecule has 3 N–H and O–H groups in total. The van der Waals surface area contributed by atoms with Gasteiger partial charge in [0.2, 0.25) is 5.91 Å². The van der Waals surface area contributed by atoms with Gasteiger partial charge in [-0.25, -0.2) is 0 Å². The number of para-hydroxylation sites is 2. The SMILES string of the molecule is CCC(C)S(=O)CCCC(=O)Nc1ccccc1N. The molecule has 1 aromatic carbocycles. The molecule has 0 heterocycles. The van der Waals surface area contributed by atoms with Gasteiger partial charge in [0.1, 0.15) is 0 Å². The predicted molar refractivity (Wildman–Crippen MR) is 81.5 cm³/mol. The number of rotatable bonds is 7. The second-order valence-electron chi connectivity index (χ2n) is 4.54. The van der Waals surface area contributed by atoms with Crippen LogP contribution in [-0.2, 0) is 15.6 Å². The lowest BCUT2D eigenvalue weighted by Gasteiger charge is -2.09. The fourth-order valence-corrected chi connectivity index (χ4v) is 2.79. The van der Waals surface area contributed by atoms with Crippen LogP contribution < -0.4 is 11.1 Å². The molecule has 106 valence electrons. The van der Waals surface area contributed by atoms with E-state index in [9.17, 15) is 9.00 Å². The molecule has 0 aliphatic rings. The highest BCUT2D eigenvalue weighted by atomic mass is 32.2. The molecular weight excluding hydrogens is 260 g/mol. The summed E-state index contributed by atoms with van der Waals surface area (Å²) in [6.07, 6.45) is 1.91. The smallest absolute Gasteiger partial charge is 0.224 e. The van der Waals surface area contributed by atoms with Gasteiger partial charge in [0.25, 0.3) is 0 Å². The molecule has 0 aliphatic heterocycles. The summed E-state index contributed by atoms with van der Waals surface area (Å²) in [5.41, 5.74) is 6.93. The van der Waals surface area contributed by atoms with Crippen LogP contribution in [0.5, 0.6) is 0 Å². The maximum atomic E-state index is 11.7. The third-order valence-electron chi connectivity index (χ3n) is 3.01. The first-order valence-corrected chi connectivity index (χ1v) is 7.94. The van der Waals surface area contributed by atoms with Crippen molar-refractivity contribution in [2.45, 2.75) is 38.4 Å². The van der Waals surface area contributed by atoms with Crippen molar-refractivity contribution in [1.82, 2.24) is 0 Å². The largest absolute Gasteiger partial charge is 0.397 e. The number of anilines is 2. The van der Waals surface area contributed by atoms with Crippen LogP contribution in [0, 0.1) is 0 Å². The zero-order valence-electron chi connectivity index (χ0n) is 11.5. The molecule has 0 bridgehead atoms. The zero-order valence-corrected chi connectivity index (χ0v) is 12.3. The molecule has 2 atom stereocenters. The maximum absolute atomic E-state index is 11.7. The number of benzene rings is 1. The van der Waals surface area contributed by atoms with Gasteiger partial charge >= 0.3 is 0 Å². The molecule has 1 rings (SSSR count). The summed E-state index contributed by atoms with van der Waals surface area (Å²) in [6.45, 7) is 3.99. The van der Waals surface area contributed by atoms with Gasteiger partial charge in [-0.3, -0.25) is 9.00 Å². The lowest BCUT2D eigenvalue weighted by atomic mass is 10.2. The number of amides is 1. The minimum absolute atomic E-state index is 0.0842. The third-order valence-corrected chi connectivity index (χ3v) is 4.93. The molecule has 0 aliphatic carbocycles. The molecule has 5 heteroatoms. The van der Waals surface area contributed by atoms with Gasteiger partial charge < -0.3 is 11.1 Å². The molecule has 19 heavy (non-hydrogen) atoms. The van der Waals surface area contributed by atoms with Crippen LogP contribution in [0.15, 0.2) is 24.3 Å². The first-order valence-electron chi connectivity index (χ1n) is 6.56. The van der Waals surface area contributed by atoms with Crippen molar-refractivity contribution in [2.24, 2.45) is 0 Å². The van der Waals surface area contributed by atoms with Crippen LogP contribution in [0.2, 0.25) is 0 Å². The second-order valence-corrected chi connectivity index (χ2v) is 6.52. The summed E-state index contributed by atoms with van der Waals surface area (Å²) in [4.78, 5) is 11.7. The zero-order chi connectivity index (χ0) is 14.3. The molecule has 0 fully saturated rings. The Kier molecular flexibility index (Phi) is 6.56. The standard InChI is InChI=1S/C14H22N2O2S/c1-3-11(2)19(18)10-6-9-14(17)16-13-8-5-4-7-12(13)15/h4-5,7-8,11H,3,6,9-10,15H2,1-2H3,(H,16,17). The number of hydrogen-bond donors (Lipinski definition) is 2. The Labute approximate surface area is 117 Å². The van der Waals surface area contributed by atoms with Crippen LogP contribution in [0.3, 0.4) is 0 Å². The lowest BCUT2D eigenvalue weighted by Crippen LogP contribution is -2.16. The fourth-order valence-electron chi connectivity index (χ4n) is 1.59. The average Bonchev–Trinajstić information content (AvgIpc) is 2.40.